The highest BCUT2D eigenvalue weighted by Crippen LogP contribution is 2.27. The maximum atomic E-state index is 8.73. The fraction of sp³-hybridized carbons (Fsp3) is 0.353. The van der Waals surface area contributed by atoms with Gasteiger partial charge in [0, 0.05) is 12.1 Å². The van der Waals surface area contributed by atoms with E-state index in [0.29, 0.717) is 12.3 Å². The lowest BCUT2D eigenvalue weighted by Gasteiger charge is -2.19. The summed E-state index contributed by atoms with van der Waals surface area (Å²) in [6.45, 7) is 11.0. The summed E-state index contributed by atoms with van der Waals surface area (Å²) in [5.41, 5.74) is 2.43. The van der Waals surface area contributed by atoms with Crippen molar-refractivity contribution in [3.8, 4) is 17.5 Å². The lowest BCUT2D eigenvalue weighted by molar-refractivity contribution is 0.590. The number of hydrogen-bond donors (Lipinski definition) is 0. The number of nitrogens with zero attached hydrogens (tertiary/aromatic N) is 4. The predicted molar refractivity (Wildman–Crippen MR) is 90.7 cm³/mol. The highest BCUT2D eigenvalue weighted by atomic mass is 32.2. The molecule has 5 heteroatoms. The van der Waals surface area contributed by atoms with Gasteiger partial charge in [0.15, 0.2) is 11.0 Å². The van der Waals surface area contributed by atoms with Crippen LogP contribution in [0, 0.1) is 11.3 Å². The van der Waals surface area contributed by atoms with Gasteiger partial charge >= 0.3 is 0 Å². The van der Waals surface area contributed by atoms with Crippen molar-refractivity contribution in [2.45, 2.75) is 37.9 Å². The van der Waals surface area contributed by atoms with E-state index in [0.717, 1.165) is 16.5 Å². The van der Waals surface area contributed by atoms with Crippen LogP contribution in [0.5, 0.6) is 0 Å². The minimum absolute atomic E-state index is 0.126. The van der Waals surface area contributed by atoms with Crippen molar-refractivity contribution in [2.75, 3.05) is 5.75 Å². The first kappa shape index (κ1) is 16.3. The number of aromatic nitrogens is 3. The summed E-state index contributed by atoms with van der Waals surface area (Å²) in [6, 6.07) is 10.5. The van der Waals surface area contributed by atoms with Gasteiger partial charge in [-0.2, -0.15) is 5.26 Å². The molecule has 1 heterocycles. The van der Waals surface area contributed by atoms with Gasteiger partial charge in [-0.3, -0.25) is 4.57 Å². The molecule has 0 fully saturated rings. The molecule has 2 rings (SSSR count). The molecule has 0 amide bonds. The topological polar surface area (TPSA) is 54.5 Å². The molecule has 2 aromatic rings. The van der Waals surface area contributed by atoms with Crippen LogP contribution in [0.3, 0.4) is 0 Å². The van der Waals surface area contributed by atoms with Gasteiger partial charge < -0.3 is 0 Å². The molecule has 0 bridgehead atoms. The van der Waals surface area contributed by atoms with Crippen molar-refractivity contribution in [3.63, 3.8) is 0 Å². The Balaban J connectivity index is 2.37. The van der Waals surface area contributed by atoms with Gasteiger partial charge in [-0.1, -0.05) is 62.9 Å². The van der Waals surface area contributed by atoms with Crippen LogP contribution in [0.25, 0.3) is 11.4 Å². The van der Waals surface area contributed by atoms with Crippen LogP contribution in [0.2, 0.25) is 0 Å². The van der Waals surface area contributed by atoms with E-state index in [1.54, 1.807) is 0 Å². The Hall–Kier alpha value is -2.06. The molecule has 0 atom stereocenters. The highest BCUT2D eigenvalue weighted by molar-refractivity contribution is 7.99. The summed E-state index contributed by atoms with van der Waals surface area (Å²) in [4.78, 5) is 0. The number of nitriles is 1. The van der Waals surface area contributed by atoms with Gasteiger partial charge in [-0.05, 0) is 11.0 Å². The SMILES string of the molecule is C=CCn1c(SCC#N)nnc1-c1ccc(C(C)(C)C)cc1. The third-order valence-corrected chi connectivity index (χ3v) is 4.14. The second-order valence-corrected chi connectivity index (χ2v) is 6.92. The Morgan fingerprint density at radius 2 is 1.95 bits per heavy atom. The van der Waals surface area contributed by atoms with Gasteiger partial charge in [0.25, 0.3) is 0 Å². The summed E-state index contributed by atoms with van der Waals surface area (Å²) in [6.07, 6.45) is 1.81. The third-order valence-electron chi connectivity index (χ3n) is 3.30. The van der Waals surface area contributed by atoms with Crippen molar-refractivity contribution in [2.24, 2.45) is 0 Å². The van der Waals surface area contributed by atoms with Crippen LogP contribution in [0.4, 0.5) is 0 Å². The summed E-state index contributed by atoms with van der Waals surface area (Å²) < 4.78 is 1.99. The van der Waals surface area contributed by atoms with Gasteiger partial charge in [-0.15, -0.1) is 16.8 Å². The fourth-order valence-corrected chi connectivity index (χ4v) is 2.73. The van der Waals surface area contributed by atoms with Crippen LogP contribution >= 0.6 is 11.8 Å². The first-order chi connectivity index (χ1) is 10.5. The average molecular weight is 312 g/mol. The molecule has 0 saturated carbocycles. The van der Waals surface area contributed by atoms with Crippen molar-refractivity contribution < 1.29 is 0 Å². The van der Waals surface area contributed by atoms with E-state index in [-0.39, 0.29) is 5.41 Å². The van der Waals surface area contributed by atoms with Crippen LogP contribution < -0.4 is 0 Å². The first-order valence-electron chi connectivity index (χ1n) is 7.12. The molecule has 0 aliphatic carbocycles. The first-order valence-corrected chi connectivity index (χ1v) is 8.10. The molecular weight excluding hydrogens is 292 g/mol. The van der Waals surface area contributed by atoms with E-state index in [9.17, 15) is 0 Å². The average Bonchev–Trinajstić information content (AvgIpc) is 2.88. The van der Waals surface area contributed by atoms with Crippen LogP contribution in [0.15, 0.2) is 42.1 Å². The van der Waals surface area contributed by atoms with Crippen LogP contribution in [-0.2, 0) is 12.0 Å². The fourth-order valence-electron chi connectivity index (χ4n) is 2.12. The Kier molecular flexibility index (Phi) is 5.04. The maximum absolute atomic E-state index is 8.73. The lowest BCUT2D eigenvalue weighted by Crippen LogP contribution is -2.10. The lowest BCUT2D eigenvalue weighted by atomic mass is 9.87. The minimum atomic E-state index is 0.126. The second-order valence-electron chi connectivity index (χ2n) is 5.98. The van der Waals surface area contributed by atoms with E-state index in [2.05, 4.69) is 67.9 Å². The molecule has 0 aliphatic rings. The van der Waals surface area contributed by atoms with Crippen molar-refractivity contribution >= 4 is 11.8 Å². The number of rotatable bonds is 5. The summed E-state index contributed by atoms with van der Waals surface area (Å²) in [7, 11) is 0. The summed E-state index contributed by atoms with van der Waals surface area (Å²) in [5.74, 6) is 1.17. The van der Waals surface area contributed by atoms with Crippen molar-refractivity contribution in [1.82, 2.24) is 14.8 Å². The molecule has 0 spiro atoms. The summed E-state index contributed by atoms with van der Waals surface area (Å²) in [5, 5.41) is 18.0. The zero-order chi connectivity index (χ0) is 16.2. The molecule has 1 aromatic carbocycles. The zero-order valence-corrected chi connectivity index (χ0v) is 14.0. The number of benzene rings is 1. The van der Waals surface area contributed by atoms with Gasteiger partial charge in [0.2, 0.25) is 0 Å². The number of hydrogen-bond acceptors (Lipinski definition) is 4. The van der Waals surface area contributed by atoms with Gasteiger partial charge in [0.05, 0.1) is 11.8 Å². The number of allylic oxidation sites excluding steroid dienone is 1. The molecule has 4 nitrogen and oxygen atoms in total. The molecule has 114 valence electrons. The number of thioether (sulfide) groups is 1. The molecular formula is C17H20N4S. The smallest absolute Gasteiger partial charge is 0.192 e. The zero-order valence-electron chi connectivity index (χ0n) is 13.2. The highest BCUT2D eigenvalue weighted by Gasteiger charge is 2.16. The van der Waals surface area contributed by atoms with E-state index < -0.39 is 0 Å². The monoisotopic (exact) mass is 312 g/mol. The normalized spacial score (nSPS) is 11.2. The predicted octanol–water partition coefficient (Wildman–Crippen LogP) is 4.04. The van der Waals surface area contributed by atoms with Gasteiger partial charge in [0.1, 0.15) is 0 Å². The molecule has 22 heavy (non-hydrogen) atoms. The van der Waals surface area contributed by atoms with E-state index in [4.69, 9.17) is 5.26 Å². The Labute approximate surface area is 135 Å². The third kappa shape index (κ3) is 3.58. The Morgan fingerprint density at radius 1 is 1.27 bits per heavy atom. The van der Waals surface area contributed by atoms with E-state index >= 15 is 0 Å². The molecule has 0 unspecified atom stereocenters. The van der Waals surface area contributed by atoms with E-state index in [1.165, 1.54) is 17.3 Å². The minimum Gasteiger partial charge on any atom is -0.298 e. The van der Waals surface area contributed by atoms with Crippen LogP contribution in [-0.4, -0.2) is 20.5 Å². The molecule has 1 aromatic heterocycles. The largest absolute Gasteiger partial charge is 0.298 e. The molecule has 0 saturated heterocycles. The summed E-state index contributed by atoms with van der Waals surface area (Å²) >= 11 is 1.39. The van der Waals surface area contributed by atoms with Crippen LogP contribution in [0.1, 0.15) is 26.3 Å². The standard InChI is InChI=1S/C17H20N4S/c1-5-11-21-15(19-20-16(21)22-12-10-18)13-6-8-14(9-7-13)17(2,3)4/h5-9H,1,11-12H2,2-4H3. The maximum Gasteiger partial charge on any atom is 0.192 e. The molecule has 0 aliphatic heterocycles. The second kappa shape index (κ2) is 6.80. The van der Waals surface area contributed by atoms with Crippen molar-refractivity contribution in [1.29, 1.82) is 5.26 Å². The Bertz CT molecular complexity index is 687. The van der Waals surface area contributed by atoms with Crippen molar-refractivity contribution in [3.05, 3.63) is 42.5 Å². The van der Waals surface area contributed by atoms with E-state index in [1.807, 2.05) is 10.6 Å². The molecule has 0 N–H and O–H groups in total. The van der Waals surface area contributed by atoms with Gasteiger partial charge in [-0.25, -0.2) is 0 Å². The molecule has 0 radical (unpaired) electrons. The quantitative estimate of drug-likeness (QED) is 0.617. The Morgan fingerprint density at radius 3 is 2.50 bits per heavy atom.